The van der Waals surface area contributed by atoms with E-state index in [1.54, 1.807) is 0 Å². The predicted molar refractivity (Wildman–Crippen MR) is 85.3 cm³/mol. The lowest BCUT2D eigenvalue weighted by Gasteiger charge is -2.22. The molecule has 4 atom stereocenters. The monoisotopic (exact) mass is 323 g/mol. The quantitative estimate of drug-likeness (QED) is 0.295. The van der Waals surface area contributed by atoms with Crippen molar-refractivity contribution in [2.24, 2.45) is 16.8 Å². The van der Waals surface area contributed by atoms with E-state index in [9.17, 15) is 9.59 Å². The molecule has 1 fully saturated rings. The first-order chi connectivity index (χ1) is 11.0. The Morgan fingerprint density at radius 1 is 1.04 bits per heavy atom. The Labute approximate surface area is 136 Å². The zero-order chi connectivity index (χ0) is 16.8. The van der Waals surface area contributed by atoms with Gasteiger partial charge in [0.05, 0.1) is 25.4 Å². The molecule has 0 radical (unpaired) electrons. The smallest absolute Gasteiger partial charge is 0.312 e. The summed E-state index contributed by atoms with van der Waals surface area (Å²) in [6.07, 6.45) is 4.62. The molecule has 128 valence electrons. The summed E-state index contributed by atoms with van der Waals surface area (Å²) in [6.45, 7) is 6.81. The highest BCUT2D eigenvalue weighted by Gasteiger charge is 2.54. The number of hydrogen-bond acceptors (Lipinski definition) is 6. The van der Waals surface area contributed by atoms with Crippen LogP contribution in [-0.2, 0) is 23.8 Å². The van der Waals surface area contributed by atoms with Gasteiger partial charge in [-0.1, -0.05) is 25.5 Å². The van der Waals surface area contributed by atoms with E-state index in [-0.39, 0.29) is 18.7 Å². The molecular formula is C17H25NO5. The van der Waals surface area contributed by atoms with Gasteiger partial charge in [0, 0.05) is 5.71 Å². The van der Waals surface area contributed by atoms with Gasteiger partial charge < -0.3 is 14.2 Å². The fourth-order valence-electron chi connectivity index (χ4n) is 2.80. The molecule has 2 aliphatic heterocycles. The second-order valence-electron chi connectivity index (χ2n) is 6.02. The zero-order valence-electron chi connectivity index (χ0n) is 14.0. The number of ether oxygens (including phenoxy) is 3. The molecule has 2 rings (SSSR count). The standard InChI is InChI=1S/C17H25NO5/c1-4-5-9-21-16(19)14-12-6-7-13(23-12)15(14)17(20)22-10-8-18-11(2)3/h6-7,12-15H,4-5,8-10H2,1-3H3/t12-,13+,14-,15+/m1/s1. The van der Waals surface area contributed by atoms with Crippen LogP contribution in [-0.4, -0.2) is 49.6 Å². The van der Waals surface area contributed by atoms with Crippen molar-refractivity contribution in [3.05, 3.63) is 12.2 Å². The third-order valence-electron chi connectivity index (χ3n) is 3.95. The number of fused-ring (bicyclic) bond motifs is 2. The van der Waals surface area contributed by atoms with Crippen molar-refractivity contribution < 1.29 is 23.8 Å². The summed E-state index contributed by atoms with van der Waals surface area (Å²) in [7, 11) is 0. The van der Waals surface area contributed by atoms with Gasteiger partial charge in [0.1, 0.15) is 18.4 Å². The first-order valence-electron chi connectivity index (χ1n) is 8.19. The highest BCUT2D eigenvalue weighted by Crippen LogP contribution is 2.40. The number of carbonyl (C=O) groups excluding carboxylic acids is 2. The number of aliphatic imine (C=N–C) groups is 1. The summed E-state index contributed by atoms with van der Waals surface area (Å²) in [5.41, 5.74) is 0.935. The summed E-state index contributed by atoms with van der Waals surface area (Å²) in [5.74, 6) is -2.01. The number of unbranched alkanes of at least 4 members (excludes halogenated alkanes) is 1. The van der Waals surface area contributed by atoms with Crippen LogP contribution in [0.25, 0.3) is 0 Å². The van der Waals surface area contributed by atoms with Crippen LogP contribution in [0.2, 0.25) is 0 Å². The number of carbonyl (C=O) groups is 2. The average Bonchev–Trinajstić information content (AvgIpc) is 3.12. The van der Waals surface area contributed by atoms with Crippen molar-refractivity contribution in [3.8, 4) is 0 Å². The highest BCUT2D eigenvalue weighted by molar-refractivity contribution is 5.85. The zero-order valence-corrected chi connectivity index (χ0v) is 14.0. The van der Waals surface area contributed by atoms with Crippen molar-refractivity contribution in [3.63, 3.8) is 0 Å². The minimum absolute atomic E-state index is 0.208. The normalized spacial score (nSPS) is 27.8. The van der Waals surface area contributed by atoms with E-state index >= 15 is 0 Å². The third-order valence-corrected chi connectivity index (χ3v) is 3.95. The first-order valence-corrected chi connectivity index (χ1v) is 8.19. The van der Waals surface area contributed by atoms with E-state index in [1.807, 2.05) is 32.9 Å². The lowest BCUT2D eigenvalue weighted by atomic mass is 9.83. The largest absolute Gasteiger partial charge is 0.465 e. The summed E-state index contributed by atoms with van der Waals surface area (Å²) in [4.78, 5) is 28.8. The molecule has 0 aliphatic carbocycles. The molecule has 0 aromatic rings. The number of esters is 2. The Bertz CT molecular complexity index is 495. The van der Waals surface area contributed by atoms with Gasteiger partial charge >= 0.3 is 11.9 Å². The Balaban J connectivity index is 1.92. The number of nitrogens with zero attached hydrogens (tertiary/aromatic N) is 1. The minimum atomic E-state index is -0.620. The van der Waals surface area contributed by atoms with E-state index in [1.165, 1.54) is 0 Å². The summed E-state index contributed by atoms with van der Waals surface area (Å²) in [5, 5.41) is 0. The van der Waals surface area contributed by atoms with Crippen LogP contribution in [0.4, 0.5) is 0 Å². The van der Waals surface area contributed by atoms with Crippen molar-refractivity contribution in [2.75, 3.05) is 19.8 Å². The van der Waals surface area contributed by atoms with Crippen LogP contribution in [0.15, 0.2) is 17.1 Å². The van der Waals surface area contributed by atoms with Gasteiger partial charge in [0.15, 0.2) is 0 Å². The second kappa shape index (κ2) is 8.24. The topological polar surface area (TPSA) is 74.2 Å². The fraction of sp³-hybridized carbons (Fsp3) is 0.706. The number of hydrogen-bond donors (Lipinski definition) is 0. The van der Waals surface area contributed by atoms with E-state index in [0.29, 0.717) is 13.2 Å². The maximum absolute atomic E-state index is 12.3. The maximum atomic E-state index is 12.3. The molecule has 23 heavy (non-hydrogen) atoms. The summed E-state index contributed by atoms with van der Waals surface area (Å²) < 4.78 is 16.2. The Morgan fingerprint density at radius 2 is 1.61 bits per heavy atom. The Hall–Kier alpha value is -1.69. The molecule has 0 aromatic heterocycles. The molecule has 0 aromatic carbocycles. The molecule has 0 N–H and O–H groups in total. The third kappa shape index (κ3) is 4.41. The summed E-state index contributed by atoms with van der Waals surface area (Å²) >= 11 is 0. The van der Waals surface area contributed by atoms with Crippen LogP contribution in [0.5, 0.6) is 0 Å². The average molecular weight is 323 g/mol. The van der Waals surface area contributed by atoms with Crippen molar-refractivity contribution in [1.29, 1.82) is 0 Å². The van der Waals surface area contributed by atoms with Crippen LogP contribution >= 0.6 is 0 Å². The predicted octanol–water partition coefficient (Wildman–Crippen LogP) is 1.92. The molecule has 1 saturated heterocycles. The molecule has 2 heterocycles. The van der Waals surface area contributed by atoms with Gasteiger partial charge in [-0.2, -0.15) is 0 Å². The second-order valence-corrected chi connectivity index (χ2v) is 6.02. The van der Waals surface area contributed by atoms with Gasteiger partial charge in [-0.05, 0) is 20.3 Å². The van der Waals surface area contributed by atoms with Crippen molar-refractivity contribution >= 4 is 17.7 Å². The molecule has 6 heteroatoms. The van der Waals surface area contributed by atoms with Gasteiger partial charge in [0.25, 0.3) is 0 Å². The molecule has 2 aliphatic rings. The van der Waals surface area contributed by atoms with Crippen molar-refractivity contribution in [2.45, 2.75) is 45.8 Å². The molecule has 6 nitrogen and oxygen atoms in total. The van der Waals surface area contributed by atoms with Crippen molar-refractivity contribution in [1.82, 2.24) is 0 Å². The first kappa shape index (κ1) is 17.7. The van der Waals surface area contributed by atoms with Gasteiger partial charge in [-0.25, -0.2) is 0 Å². The molecule has 0 amide bonds. The molecule has 0 saturated carbocycles. The van der Waals surface area contributed by atoms with Crippen LogP contribution in [0, 0.1) is 11.8 Å². The van der Waals surface area contributed by atoms with E-state index in [2.05, 4.69) is 4.99 Å². The summed E-state index contributed by atoms with van der Waals surface area (Å²) in [6, 6.07) is 0. The van der Waals surface area contributed by atoms with E-state index in [4.69, 9.17) is 14.2 Å². The number of rotatable bonds is 8. The highest BCUT2D eigenvalue weighted by atomic mass is 16.6. The molecule has 0 unspecified atom stereocenters. The lowest BCUT2D eigenvalue weighted by molar-refractivity contribution is -0.159. The Kier molecular flexibility index (Phi) is 6.33. The maximum Gasteiger partial charge on any atom is 0.312 e. The van der Waals surface area contributed by atoms with Crippen LogP contribution in [0.3, 0.4) is 0 Å². The van der Waals surface area contributed by atoms with E-state index < -0.39 is 23.9 Å². The SMILES string of the molecule is CCCCOC(=O)[C@H]1[C@@H](C(=O)OCCN=C(C)C)[C@@H]2C=C[C@H]1O2. The van der Waals surface area contributed by atoms with Gasteiger partial charge in [0.2, 0.25) is 0 Å². The molecule has 2 bridgehead atoms. The van der Waals surface area contributed by atoms with Gasteiger partial charge in [-0.3, -0.25) is 14.6 Å². The minimum Gasteiger partial charge on any atom is -0.465 e. The van der Waals surface area contributed by atoms with E-state index in [0.717, 1.165) is 18.6 Å². The fourth-order valence-corrected chi connectivity index (χ4v) is 2.80. The van der Waals surface area contributed by atoms with Crippen LogP contribution < -0.4 is 0 Å². The van der Waals surface area contributed by atoms with Crippen LogP contribution in [0.1, 0.15) is 33.6 Å². The lowest BCUT2D eigenvalue weighted by Crippen LogP contribution is -2.38. The Morgan fingerprint density at radius 3 is 2.13 bits per heavy atom. The molecular weight excluding hydrogens is 298 g/mol. The molecule has 0 spiro atoms. The van der Waals surface area contributed by atoms with Gasteiger partial charge in [-0.15, -0.1) is 0 Å².